The topological polar surface area (TPSA) is 45.2 Å². The van der Waals surface area contributed by atoms with Gasteiger partial charge in [-0.15, -0.1) is 23.7 Å². The third-order valence-corrected chi connectivity index (χ3v) is 4.36. The summed E-state index contributed by atoms with van der Waals surface area (Å²) >= 11 is 7.36. The maximum Gasteiger partial charge on any atom is 0.273 e. The molecule has 0 aliphatic carbocycles. The Morgan fingerprint density at radius 1 is 1.24 bits per heavy atom. The highest BCUT2D eigenvalue weighted by Gasteiger charge is 2.20. The summed E-state index contributed by atoms with van der Waals surface area (Å²) in [4.78, 5) is 18.6. The molecule has 0 atom stereocenters. The number of aromatic nitrogens is 1. The molecule has 1 N–H and O–H groups in total. The number of benzene rings is 1. The zero-order chi connectivity index (χ0) is 13.9. The number of nitrogens with zero attached hydrogens (tertiary/aromatic N) is 2. The molecule has 0 saturated carbocycles. The van der Waals surface area contributed by atoms with Gasteiger partial charge in [0, 0.05) is 42.1 Å². The average Bonchev–Trinajstić information content (AvgIpc) is 2.98. The first-order valence-corrected chi connectivity index (χ1v) is 7.71. The van der Waals surface area contributed by atoms with Crippen LogP contribution < -0.4 is 5.32 Å². The van der Waals surface area contributed by atoms with Crippen molar-refractivity contribution in [2.75, 3.05) is 26.2 Å². The van der Waals surface area contributed by atoms with E-state index < -0.39 is 0 Å². The number of halogens is 2. The molecule has 2 aromatic rings. The van der Waals surface area contributed by atoms with E-state index in [1.165, 1.54) is 11.3 Å². The Balaban J connectivity index is 0.00000161. The molecule has 4 nitrogen and oxygen atoms in total. The number of hydrogen-bond donors (Lipinski definition) is 1. The fourth-order valence-electron chi connectivity index (χ4n) is 2.13. The molecule has 1 saturated heterocycles. The molecular weight excluding hydrogens is 329 g/mol. The number of carbonyl (C=O) groups is 1. The Labute approximate surface area is 138 Å². The third-order valence-electron chi connectivity index (χ3n) is 3.22. The Morgan fingerprint density at radius 3 is 2.57 bits per heavy atom. The molecule has 3 rings (SSSR count). The van der Waals surface area contributed by atoms with Crippen LogP contribution in [0.2, 0.25) is 5.02 Å². The van der Waals surface area contributed by atoms with Gasteiger partial charge in [-0.1, -0.05) is 23.7 Å². The van der Waals surface area contributed by atoms with Crippen molar-refractivity contribution in [1.29, 1.82) is 0 Å². The summed E-state index contributed by atoms with van der Waals surface area (Å²) in [5, 5.41) is 6.60. The Bertz CT molecular complexity index is 609. The predicted octanol–water partition coefficient (Wildman–Crippen LogP) is 2.93. The van der Waals surface area contributed by atoms with E-state index in [1.807, 2.05) is 34.5 Å². The van der Waals surface area contributed by atoms with E-state index in [0.717, 1.165) is 36.8 Å². The van der Waals surface area contributed by atoms with Gasteiger partial charge in [-0.25, -0.2) is 4.98 Å². The minimum atomic E-state index is 0. The molecule has 2 heterocycles. The van der Waals surface area contributed by atoms with Crippen molar-refractivity contribution in [3.8, 4) is 10.6 Å². The molecule has 0 bridgehead atoms. The van der Waals surface area contributed by atoms with Crippen LogP contribution in [0.3, 0.4) is 0 Å². The normalized spacial score (nSPS) is 14.6. The van der Waals surface area contributed by atoms with Crippen LogP contribution in [0.1, 0.15) is 10.5 Å². The van der Waals surface area contributed by atoms with Crippen molar-refractivity contribution in [1.82, 2.24) is 15.2 Å². The van der Waals surface area contributed by atoms with Gasteiger partial charge in [0.15, 0.2) is 0 Å². The molecule has 1 aromatic heterocycles. The third kappa shape index (κ3) is 3.74. The highest BCUT2D eigenvalue weighted by molar-refractivity contribution is 7.13. The number of amides is 1. The molecule has 0 unspecified atom stereocenters. The number of rotatable bonds is 2. The van der Waals surface area contributed by atoms with E-state index in [9.17, 15) is 4.79 Å². The lowest BCUT2D eigenvalue weighted by atomic mass is 10.2. The van der Waals surface area contributed by atoms with Gasteiger partial charge in [0.25, 0.3) is 5.91 Å². The highest BCUT2D eigenvalue weighted by atomic mass is 35.5. The minimum Gasteiger partial charge on any atom is -0.335 e. The second kappa shape index (κ2) is 7.22. The Kier molecular flexibility index (Phi) is 5.58. The molecule has 1 aliphatic heterocycles. The van der Waals surface area contributed by atoms with Crippen LogP contribution in [0.4, 0.5) is 0 Å². The van der Waals surface area contributed by atoms with Gasteiger partial charge >= 0.3 is 0 Å². The summed E-state index contributed by atoms with van der Waals surface area (Å²) in [6.45, 7) is 3.18. The molecule has 1 aliphatic rings. The van der Waals surface area contributed by atoms with Crippen molar-refractivity contribution < 1.29 is 4.79 Å². The first-order chi connectivity index (χ1) is 9.74. The van der Waals surface area contributed by atoms with E-state index in [2.05, 4.69) is 10.3 Å². The van der Waals surface area contributed by atoms with E-state index in [1.54, 1.807) is 0 Å². The van der Waals surface area contributed by atoms with Crippen LogP contribution in [-0.4, -0.2) is 42.0 Å². The van der Waals surface area contributed by atoms with E-state index in [0.29, 0.717) is 10.7 Å². The van der Waals surface area contributed by atoms with Crippen LogP contribution in [0.15, 0.2) is 29.6 Å². The van der Waals surface area contributed by atoms with Crippen molar-refractivity contribution >= 4 is 41.3 Å². The van der Waals surface area contributed by atoms with E-state index >= 15 is 0 Å². The smallest absolute Gasteiger partial charge is 0.273 e. The first kappa shape index (κ1) is 16.2. The Hall–Kier alpha value is -1.14. The summed E-state index contributed by atoms with van der Waals surface area (Å²) in [5.41, 5.74) is 1.51. The first-order valence-electron chi connectivity index (χ1n) is 6.45. The van der Waals surface area contributed by atoms with Gasteiger partial charge in [0.05, 0.1) is 0 Å². The summed E-state index contributed by atoms with van der Waals surface area (Å²) in [7, 11) is 0. The quantitative estimate of drug-likeness (QED) is 0.911. The largest absolute Gasteiger partial charge is 0.335 e. The molecule has 1 aromatic carbocycles. The van der Waals surface area contributed by atoms with Gasteiger partial charge in [-0.3, -0.25) is 4.79 Å². The maximum atomic E-state index is 12.3. The summed E-state index contributed by atoms with van der Waals surface area (Å²) in [6, 6.07) is 7.49. The van der Waals surface area contributed by atoms with Crippen LogP contribution in [-0.2, 0) is 0 Å². The second-order valence-electron chi connectivity index (χ2n) is 4.59. The van der Waals surface area contributed by atoms with Gasteiger partial charge < -0.3 is 10.2 Å². The number of carbonyl (C=O) groups excluding carboxylic acids is 1. The van der Waals surface area contributed by atoms with Gasteiger partial charge in [-0.05, 0) is 12.1 Å². The lowest BCUT2D eigenvalue weighted by Crippen LogP contribution is -2.46. The van der Waals surface area contributed by atoms with Crippen molar-refractivity contribution in [2.24, 2.45) is 0 Å². The molecule has 1 fully saturated rings. The number of nitrogens with one attached hydrogen (secondary N) is 1. The lowest BCUT2D eigenvalue weighted by Gasteiger charge is -2.26. The molecule has 21 heavy (non-hydrogen) atoms. The Morgan fingerprint density at radius 2 is 1.90 bits per heavy atom. The monoisotopic (exact) mass is 343 g/mol. The molecule has 7 heteroatoms. The SMILES string of the molecule is Cl.O=C(c1csc(-c2ccc(Cl)cc2)n1)N1CCNCC1. The van der Waals surface area contributed by atoms with Crippen molar-refractivity contribution in [2.45, 2.75) is 0 Å². The fourth-order valence-corrected chi connectivity index (χ4v) is 3.05. The van der Waals surface area contributed by atoms with Crippen LogP contribution in [0.5, 0.6) is 0 Å². The average molecular weight is 344 g/mol. The maximum absolute atomic E-state index is 12.3. The van der Waals surface area contributed by atoms with Crippen molar-refractivity contribution in [3.63, 3.8) is 0 Å². The molecule has 1 amide bonds. The van der Waals surface area contributed by atoms with Gasteiger partial charge in [0.2, 0.25) is 0 Å². The van der Waals surface area contributed by atoms with E-state index in [4.69, 9.17) is 11.6 Å². The van der Waals surface area contributed by atoms with E-state index in [-0.39, 0.29) is 18.3 Å². The van der Waals surface area contributed by atoms with Gasteiger partial charge in [0.1, 0.15) is 10.7 Å². The molecule has 112 valence electrons. The van der Waals surface area contributed by atoms with Crippen LogP contribution >= 0.6 is 35.3 Å². The second-order valence-corrected chi connectivity index (χ2v) is 5.88. The molecule has 0 spiro atoms. The molecular formula is C14H15Cl2N3OS. The summed E-state index contributed by atoms with van der Waals surface area (Å²) < 4.78 is 0. The lowest BCUT2D eigenvalue weighted by molar-refractivity contribution is 0.0731. The predicted molar refractivity (Wildman–Crippen MR) is 88.6 cm³/mol. The minimum absolute atomic E-state index is 0. The number of piperazine rings is 1. The summed E-state index contributed by atoms with van der Waals surface area (Å²) in [5.74, 6) is 0.0166. The van der Waals surface area contributed by atoms with Crippen LogP contribution in [0, 0.1) is 0 Å². The highest BCUT2D eigenvalue weighted by Crippen LogP contribution is 2.25. The van der Waals surface area contributed by atoms with Crippen molar-refractivity contribution in [3.05, 3.63) is 40.4 Å². The summed E-state index contributed by atoms with van der Waals surface area (Å²) in [6.07, 6.45) is 0. The molecule has 0 radical (unpaired) electrons. The standard InChI is InChI=1S/C14H14ClN3OS.ClH/c15-11-3-1-10(2-4-11)13-17-12(9-20-13)14(19)18-7-5-16-6-8-18;/h1-4,9,16H,5-8H2;1H. The zero-order valence-electron chi connectivity index (χ0n) is 11.2. The fraction of sp³-hybridized carbons (Fsp3) is 0.286. The van der Waals surface area contributed by atoms with Crippen LogP contribution in [0.25, 0.3) is 10.6 Å². The number of hydrogen-bond acceptors (Lipinski definition) is 4. The van der Waals surface area contributed by atoms with Gasteiger partial charge in [-0.2, -0.15) is 0 Å². The number of thiazole rings is 1. The zero-order valence-corrected chi connectivity index (χ0v) is 13.6.